The Kier molecular flexibility index (Phi) is 2.46. The largest absolute Gasteiger partial charge is 0.493 e. The maximum absolute atomic E-state index is 10.0. The van der Waals surface area contributed by atoms with Gasteiger partial charge in [0.1, 0.15) is 0 Å². The molecule has 0 saturated heterocycles. The normalized spacial score (nSPS) is 13.9. The minimum atomic E-state index is 0.781. The van der Waals surface area contributed by atoms with Crippen molar-refractivity contribution in [2.75, 3.05) is 0 Å². The molecule has 78 valence electrons. The molecule has 6 rings (SSSR count). The Morgan fingerprint density at radius 1 is 0.688 bits per heavy atom. The fraction of sp³-hybridized carbons (Fsp3) is 0. The van der Waals surface area contributed by atoms with Gasteiger partial charge in [-0.1, -0.05) is 21.6 Å². The summed E-state index contributed by atoms with van der Waals surface area (Å²) < 4.78 is 1.20. The summed E-state index contributed by atoms with van der Waals surface area (Å²) in [7, 11) is 3.45. The van der Waals surface area contributed by atoms with Gasteiger partial charge in [0.25, 0.3) is 0 Å². The minimum absolute atomic E-state index is 0.781. The Labute approximate surface area is 102 Å². The first-order chi connectivity index (χ1) is 7.83. The molecule has 2 aromatic rings. The predicted octanol–water partition coefficient (Wildman–Crippen LogP) is 4.66. The van der Waals surface area contributed by atoms with Gasteiger partial charge in [0.2, 0.25) is 0 Å². The second-order valence-electron chi connectivity index (χ2n) is 3.47. The lowest BCUT2D eigenvalue weighted by Gasteiger charge is -2.04. The maximum atomic E-state index is 10.0. The highest BCUT2D eigenvalue weighted by Gasteiger charge is 2.09. The van der Waals surface area contributed by atoms with Gasteiger partial charge in [0.15, 0.2) is 11.4 Å². The molecule has 4 bridgehead atoms. The molecule has 2 aromatic carbocycles. The van der Waals surface area contributed by atoms with E-state index < -0.39 is 0 Å². The van der Waals surface area contributed by atoms with Gasteiger partial charge in [0, 0.05) is 34.1 Å². The lowest BCUT2D eigenvalue weighted by Crippen LogP contribution is -1.95. The van der Waals surface area contributed by atoms with Crippen molar-refractivity contribution in [1.82, 2.24) is 4.70 Å². The van der Waals surface area contributed by atoms with E-state index in [1.807, 2.05) is 48.5 Å². The molecule has 16 heavy (non-hydrogen) atoms. The number of benzene rings is 2. The van der Waals surface area contributed by atoms with E-state index in [2.05, 4.69) is 0 Å². The van der Waals surface area contributed by atoms with Crippen LogP contribution in [0, 0.1) is 0 Å². The predicted molar refractivity (Wildman–Crippen MR) is 69.4 cm³/mol. The standard InChI is InChI=1S/C12H8N2S2/c13-14-9-1-5-11(6-2-9)15-16-12-7-3-10(14)4-8-12/h1-8H. The van der Waals surface area contributed by atoms with Crippen LogP contribution in [0.25, 0.3) is 5.53 Å². The highest BCUT2D eigenvalue weighted by atomic mass is 33.1. The SMILES string of the molecule is [N-]=[N+]1c2ccc(cc2)SSc2ccc1cc2. The number of hydrogen-bond donors (Lipinski definition) is 0. The van der Waals surface area contributed by atoms with Crippen molar-refractivity contribution in [2.24, 2.45) is 0 Å². The highest BCUT2D eigenvalue weighted by molar-refractivity contribution is 8.76. The Morgan fingerprint density at radius 2 is 1.06 bits per heavy atom. The Hall–Kier alpha value is -1.26. The van der Waals surface area contributed by atoms with E-state index in [-0.39, 0.29) is 0 Å². The maximum Gasteiger partial charge on any atom is 0.200 e. The van der Waals surface area contributed by atoms with Crippen LogP contribution in [-0.4, -0.2) is 0 Å². The van der Waals surface area contributed by atoms with E-state index >= 15 is 0 Å². The van der Waals surface area contributed by atoms with Crippen LogP contribution < -0.4 is 4.70 Å². The van der Waals surface area contributed by atoms with Crippen molar-refractivity contribution in [1.29, 1.82) is 0 Å². The molecule has 0 spiro atoms. The lowest BCUT2D eigenvalue weighted by molar-refractivity contribution is 1.05. The molecule has 0 radical (unpaired) electrons. The summed E-state index contributed by atoms with van der Waals surface area (Å²) in [5.41, 5.74) is 11.6. The van der Waals surface area contributed by atoms with Crippen molar-refractivity contribution >= 4 is 33.0 Å². The van der Waals surface area contributed by atoms with Gasteiger partial charge in [-0.05, 0) is 24.3 Å². The lowest BCUT2D eigenvalue weighted by atomic mass is 10.2. The Morgan fingerprint density at radius 3 is 1.44 bits per heavy atom. The van der Waals surface area contributed by atoms with Crippen molar-refractivity contribution in [2.45, 2.75) is 9.79 Å². The molecule has 4 aliphatic rings. The van der Waals surface area contributed by atoms with E-state index in [9.17, 15) is 5.53 Å². The van der Waals surface area contributed by atoms with E-state index in [0.29, 0.717) is 0 Å². The van der Waals surface area contributed by atoms with Crippen LogP contribution in [0.2, 0.25) is 0 Å². The highest BCUT2D eigenvalue weighted by Crippen LogP contribution is 2.39. The fourth-order valence-electron chi connectivity index (χ4n) is 1.53. The van der Waals surface area contributed by atoms with Crippen molar-refractivity contribution in [3.8, 4) is 0 Å². The molecule has 0 atom stereocenters. The summed E-state index contributed by atoms with van der Waals surface area (Å²) in [4.78, 5) is 2.37. The fourth-order valence-corrected chi connectivity index (χ4v) is 3.46. The molecule has 0 saturated carbocycles. The molecule has 0 amide bonds. The molecule has 4 aliphatic heterocycles. The Balaban J connectivity index is 2.19. The number of hydrogen-bond acceptors (Lipinski definition) is 2. The van der Waals surface area contributed by atoms with Gasteiger partial charge in [-0.2, -0.15) is 0 Å². The molecule has 0 aromatic heterocycles. The van der Waals surface area contributed by atoms with E-state index in [4.69, 9.17) is 0 Å². The summed E-state index contributed by atoms with van der Waals surface area (Å²) in [5.74, 6) is 0. The van der Waals surface area contributed by atoms with Crippen molar-refractivity contribution in [3.05, 3.63) is 54.1 Å². The van der Waals surface area contributed by atoms with Crippen molar-refractivity contribution in [3.63, 3.8) is 0 Å². The average Bonchev–Trinajstić information content (AvgIpc) is 2.43. The van der Waals surface area contributed by atoms with Gasteiger partial charge in [-0.15, -0.1) is 0 Å². The molecular formula is C12H8N2S2. The average molecular weight is 244 g/mol. The summed E-state index contributed by atoms with van der Waals surface area (Å²) >= 11 is 0. The van der Waals surface area contributed by atoms with Gasteiger partial charge >= 0.3 is 0 Å². The second kappa shape index (κ2) is 3.96. The first-order valence-corrected chi connectivity index (χ1v) is 7.01. The van der Waals surface area contributed by atoms with Crippen LogP contribution in [0.3, 0.4) is 0 Å². The minimum Gasteiger partial charge on any atom is -0.493 e. The molecule has 4 heterocycles. The van der Waals surface area contributed by atoms with Gasteiger partial charge in [-0.3, -0.25) is 0 Å². The second-order valence-corrected chi connectivity index (χ2v) is 5.74. The first-order valence-electron chi connectivity index (χ1n) is 4.86. The summed E-state index contributed by atoms with van der Waals surface area (Å²) in [6.45, 7) is 0. The van der Waals surface area contributed by atoms with Crippen LogP contribution in [0.1, 0.15) is 0 Å². The van der Waals surface area contributed by atoms with E-state index in [1.54, 1.807) is 21.6 Å². The molecule has 0 unspecified atom stereocenters. The molecule has 0 aliphatic carbocycles. The third-order valence-electron chi connectivity index (χ3n) is 2.40. The van der Waals surface area contributed by atoms with Gasteiger partial charge in [0.05, 0.1) is 0 Å². The smallest absolute Gasteiger partial charge is 0.200 e. The number of nitrogens with zero attached hydrogens (tertiary/aromatic N) is 2. The third-order valence-corrected chi connectivity index (χ3v) is 4.81. The van der Waals surface area contributed by atoms with Gasteiger partial charge < -0.3 is 5.53 Å². The Bertz CT molecular complexity index is 482. The van der Waals surface area contributed by atoms with Crippen LogP contribution in [0.4, 0.5) is 11.4 Å². The summed E-state index contributed by atoms with van der Waals surface area (Å²) in [5, 5.41) is 0. The summed E-state index contributed by atoms with van der Waals surface area (Å²) in [6, 6.07) is 15.7. The molecule has 0 N–H and O–H groups in total. The van der Waals surface area contributed by atoms with Crippen molar-refractivity contribution < 1.29 is 0 Å². The van der Waals surface area contributed by atoms with Gasteiger partial charge in [-0.25, -0.2) is 4.70 Å². The van der Waals surface area contributed by atoms with Crippen LogP contribution in [0.5, 0.6) is 0 Å². The first kappa shape index (κ1) is 9.93. The quantitative estimate of drug-likeness (QED) is 0.497. The summed E-state index contributed by atoms with van der Waals surface area (Å²) in [6.07, 6.45) is 0. The topological polar surface area (TPSA) is 25.3 Å². The van der Waals surface area contributed by atoms with Crippen LogP contribution >= 0.6 is 21.6 Å². The molecular weight excluding hydrogens is 236 g/mol. The van der Waals surface area contributed by atoms with E-state index in [1.165, 1.54) is 14.5 Å². The van der Waals surface area contributed by atoms with E-state index in [0.717, 1.165) is 11.4 Å². The molecule has 2 nitrogen and oxygen atoms in total. The zero-order valence-electron chi connectivity index (χ0n) is 8.33. The monoisotopic (exact) mass is 244 g/mol. The molecule has 0 fully saturated rings. The van der Waals surface area contributed by atoms with Crippen LogP contribution in [0.15, 0.2) is 58.3 Å². The third kappa shape index (κ3) is 1.74. The van der Waals surface area contributed by atoms with Crippen LogP contribution in [-0.2, 0) is 0 Å². The number of rotatable bonds is 0. The molecule has 4 heteroatoms. The zero-order chi connectivity index (χ0) is 11.0. The zero-order valence-corrected chi connectivity index (χ0v) is 9.96.